The van der Waals surface area contributed by atoms with Gasteiger partial charge in [-0.1, -0.05) is 26.3 Å². The molecule has 0 heterocycles. The first kappa shape index (κ1) is 14.9. The molecule has 1 aromatic rings. The Hall–Kier alpha value is -1.16. The Morgan fingerprint density at radius 1 is 1.50 bits per heavy atom. The highest BCUT2D eigenvalue weighted by atomic mass is 32.2. The summed E-state index contributed by atoms with van der Waals surface area (Å²) in [5, 5.41) is 2.85. The molecular formula is C14H22N2OS. The lowest BCUT2D eigenvalue weighted by molar-refractivity contribution is -0.115. The van der Waals surface area contributed by atoms with Crippen LogP contribution in [0, 0.1) is 5.92 Å². The SMILES string of the molecule is CCC(C)CSCCC(=O)Nc1cccc(N)c1. The van der Waals surface area contributed by atoms with E-state index in [1.165, 1.54) is 6.42 Å². The Morgan fingerprint density at radius 3 is 2.94 bits per heavy atom. The van der Waals surface area contributed by atoms with Crippen LogP contribution in [0.4, 0.5) is 11.4 Å². The fourth-order valence-electron chi connectivity index (χ4n) is 1.41. The summed E-state index contributed by atoms with van der Waals surface area (Å²) in [7, 11) is 0. The molecule has 0 aromatic heterocycles. The van der Waals surface area contributed by atoms with Crippen molar-refractivity contribution < 1.29 is 4.79 Å². The maximum absolute atomic E-state index is 11.7. The molecule has 1 unspecified atom stereocenters. The van der Waals surface area contributed by atoms with Crippen molar-refractivity contribution in [2.24, 2.45) is 5.92 Å². The van der Waals surface area contributed by atoms with Gasteiger partial charge in [-0.15, -0.1) is 0 Å². The second-order valence-electron chi connectivity index (χ2n) is 4.51. The van der Waals surface area contributed by atoms with Gasteiger partial charge >= 0.3 is 0 Å². The Labute approximate surface area is 114 Å². The van der Waals surface area contributed by atoms with Crippen molar-refractivity contribution in [2.45, 2.75) is 26.7 Å². The Kier molecular flexibility index (Phi) is 6.65. The number of benzene rings is 1. The topological polar surface area (TPSA) is 55.1 Å². The molecular weight excluding hydrogens is 244 g/mol. The summed E-state index contributed by atoms with van der Waals surface area (Å²) in [5.41, 5.74) is 7.09. The summed E-state index contributed by atoms with van der Waals surface area (Å²) < 4.78 is 0. The molecule has 18 heavy (non-hydrogen) atoms. The molecule has 0 fully saturated rings. The molecule has 0 aliphatic heterocycles. The predicted molar refractivity (Wildman–Crippen MR) is 80.9 cm³/mol. The molecule has 4 heteroatoms. The minimum Gasteiger partial charge on any atom is -0.399 e. The summed E-state index contributed by atoms with van der Waals surface area (Å²) in [5.74, 6) is 2.78. The average molecular weight is 266 g/mol. The van der Waals surface area contributed by atoms with Gasteiger partial charge < -0.3 is 11.1 Å². The van der Waals surface area contributed by atoms with Crippen molar-refractivity contribution in [3.63, 3.8) is 0 Å². The number of nitrogen functional groups attached to an aromatic ring is 1. The number of carbonyl (C=O) groups is 1. The lowest BCUT2D eigenvalue weighted by atomic mass is 10.2. The van der Waals surface area contributed by atoms with Crippen molar-refractivity contribution >= 4 is 29.0 Å². The minimum absolute atomic E-state index is 0.0530. The van der Waals surface area contributed by atoms with Crippen molar-refractivity contribution in [3.05, 3.63) is 24.3 Å². The van der Waals surface area contributed by atoms with Crippen molar-refractivity contribution in [2.75, 3.05) is 22.6 Å². The fraction of sp³-hybridized carbons (Fsp3) is 0.500. The fourth-order valence-corrected chi connectivity index (χ4v) is 2.54. The molecule has 3 N–H and O–H groups in total. The van der Waals surface area contributed by atoms with Crippen LogP contribution in [0.1, 0.15) is 26.7 Å². The van der Waals surface area contributed by atoms with Crippen LogP contribution < -0.4 is 11.1 Å². The molecule has 0 aliphatic rings. The van der Waals surface area contributed by atoms with E-state index in [4.69, 9.17) is 5.73 Å². The normalized spacial score (nSPS) is 12.1. The van der Waals surface area contributed by atoms with E-state index in [9.17, 15) is 4.79 Å². The highest BCUT2D eigenvalue weighted by Crippen LogP contribution is 2.14. The number of hydrogen-bond donors (Lipinski definition) is 2. The van der Waals surface area contributed by atoms with Crippen LogP contribution in [-0.4, -0.2) is 17.4 Å². The molecule has 1 aromatic carbocycles. The smallest absolute Gasteiger partial charge is 0.225 e. The summed E-state index contributed by atoms with van der Waals surface area (Å²) in [4.78, 5) is 11.7. The standard InChI is InChI=1S/C14H22N2OS/c1-3-11(2)10-18-8-7-14(17)16-13-6-4-5-12(15)9-13/h4-6,9,11H,3,7-8,10,15H2,1-2H3,(H,16,17). The van der Waals surface area contributed by atoms with Gasteiger partial charge in [-0.05, 0) is 29.9 Å². The van der Waals surface area contributed by atoms with Gasteiger partial charge in [0.05, 0.1) is 0 Å². The van der Waals surface area contributed by atoms with E-state index < -0.39 is 0 Å². The Morgan fingerprint density at radius 2 is 2.28 bits per heavy atom. The maximum Gasteiger partial charge on any atom is 0.225 e. The van der Waals surface area contributed by atoms with E-state index in [2.05, 4.69) is 19.2 Å². The zero-order chi connectivity index (χ0) is 13.4. The molecule has 100 valence electrons. The summed E-state index contributed by atoms with van der Waals surface area (Å²) in [6, 6.07) is 7.25. The van der Waals surface area contributed by atoms with Crippen LogP contribution in [0.25, 0.3) is 0 Å². The van der Waals surface area contributed by atoms with Gasteiger partial charge in [-0.2, -0.15) is 11.8 Å². The second-order valence-corrected chi connectivity index (χ2v) is 5.66. The van der Waals surface area contributed by atoms with Gasteiger partial charge in [-0.25, -0.2) is 0 Å². The number of thioether (sulfide) groups is 1. The summed E-state index contributed by atoms with van der Waals surface area (Å²) in [6.07, 6.45) is 1.75. The number of nitrogens with one attached hydrogen (secondary N) is 1. The predicted octanol–water partition coefficient (Wildman–Crippen LogP) is 3.38. The van der Waals surface area contributed by atoms with E-state index in [1.807, 2.05) is 23.9 Å². The third-order valence-corrected chi connectivity index (χ3v) is 4.04. The average Bonchev–Trinajstić information content (AvgIpc) is 2.34. The molecule has 0 saturated heterocycles. The van der Waals surface area contributed by atoms with E-state index in [0.29, 0.717) is 12.1 Å². The van der Waals surface area contributed by atoms with E-state index >= 15 is 0 Å². The Balaban J connectivity index is 2.22. The monoisotopic (exact) mass is 266 g/mol. The zero-order valence-electron chi connectivity index (χ0n) is 11.1. The highest BCUT2D eigenvalue weighted by molar-refractivity contribution is 7.99. The van der Waals surface area contributed by atoms with Crippen LogP contribution in [0.15, 0.2) is 24.3 Å². The van der Waals surface area contributed by atoms with Crippen molar-refractivity contribution in [1.82, 2.24) is 0 Å². The number of rotatable bonds is 7. The van der Waals surface area contributed by atoms with E-state index in [-0.39, 0.29) is 5.91 Å². The molecule has 1 rings (SSSR count). The quantitative estimate of drug-likeness (QED) is 0.587. The van der Waals surface area contributed by atoms with Crippen LogP contribution in [0.2, 0.25) is 0 Å². The number of nitrogens with two attached hydrogens (primary N) is 1. The van der Waals surface area contributed by atoms with Gasteiger partial charge in [0.1, 0.15) is 0 Å². The molecule has 0 spiro atoms. The molecule has 1 atom stereocenters. The third kappa shape index (κ3) is 5.96. The summed E-state index contributed by atoms with van der Waals surface area (Å²) >= 11 is 1.84. The van der Waals surface area contributed by atoms with E-state index in [0.717, 1.165) is 23.1 Å². The molecule has 0 aliphatic carbocycles. The van der Waals surface area contributed by atoms with E-state index in [1.54, 1.807) is 12.1 Å². The lowest BCUT2D eigenvalue weighted by Crippen LogP contribution is -2.12. The number of hydrogen-bond acceptors (Lipinski definition) is 3. The molecule has 0 radical (unpaired) electrons. The zero-order valence-corrected chi connectivity index (χ0v) is 11.9. The van der Waals surface area contributed by atoms with Crippen molar-refractivity contribution in [3.8, 4) is 0 Å². The largest absolute Gasteiger partial charge is 0.399 e. The van der Waals surface area contributed by atoms with Gasteiger partial charge in [-0.3, -0.25) is 4.79 Å². The number of anilines is 2. The first-order valence-electron chi connectivity index (χ1n) is 6.35. The van der Waals surface area contributed by atoms with Crippen molar-refractivity contribution in [1.29, 1.82) is 0 Å². The van der Waals surface area contributed by atoms with Crippen LogP contribution in [0.5, 0.6) is 0 Å². The minimum atomic E-state index is 0.0530. The number of amides is 1. The lowest BCUT2D eigenvalue weighted by Gasteiger charge is -2.08. The second kappa shape index (κ2) is 8.03. The third-order valence-electron chi connectivity index (χ3n) is 2.74. The van der Waals surface area contributed by atoms with Gasteiger partial charge in [0.2, 0.25) is 5.91 Å². The van der Waals surface area contributed by atoms with Gasteiger partial charge in [0.15, 0.2) is 0 Å². The molecule has 1 amide bonds. The Bertz CT molecular complexity index is 382. The summed E-state index contributed by atoms with van der Waals surface area (Å²) in [6.45, 7) is 4.43. The number of carbonyl (C=O) groups excluding carboxylic acids is 1. The van der Waals surface area contributed by atoms with Gasteiger partial charge in [0, 0.05) is 23.5 Å². The first-order chi connectivity index (χ1) is 8.61. The first-order valence-corrected chi connectivity index (χ1v) is 7.50. The van der Waals surface area contributed by atoms with Crippen LogP contribution in [-0.2, 0) is 4.79 Å². The highest BCUT2D eigenvalue weighted by Gasteiger charge is 2.04. The van der Waals surface area contributed by atoms with Crippen LogP contribution >= 0.6 is 11.8 Å². The maximum atomic E-state index is 11.7. The molecule has 0 bridgehead atoms. The van der Waals surface area contributed by atoms with Gasteiger partial charge in [0.25, 0.3) is 0 Å². The van der Waals surface area contributed by atoms with Crippen LogP contribution in [0.3, 0.4) is 0 Å². The molecule has 0 saturated carbocycles. The molecule has 3 nitrogen and oxygen atoms in total.